The lowest BCUT2D eigenvalue weighted by Crippen LogP contribution is -2.53. The smallest absolute Gasteiger partial charge is 0.231 e. The van der Waals surface area contributed by atoms with Gasteiger partial charge in [-0.05, 0) is 26.7 Å². The van der Waals surface area contributed by atoms with Crippen molar-refractivity contribution in [2.45, 2.75) is 41.0 Å². The fourth-order valence-electron chi connectivity index (χ4n) is 1.73. The number of allylic oxidation sites excluding steroid dienone is 2. The first-order valence-corrected chi connectivity index (χ1v) is 5.44. The second-order valence-electron chi connectivity index (χ2n) is 4.53. The molecule has 1 aliphatic rings. The van der Waals surface area contributed by atoms with E-state index in [9.17, 15) is 4.79 Å². The van der Waals surface area contributed by atoms with Gasteiger partial charge in [-0.2, -0.15) is 0 Å². The first kappa shape index (κ1) is 11.3. The van der Waals surface area contributed by atoms with Gasteiger partial charge in [0.25, 0.3) is 0 Å². The molecule has 80 valence electrons. The number of hydrogen-bond acceptors (Lipinski definition) is 1. The van der Waals surface area contributed by atoms with Gasteiger partial charge >= 0.3 is 0 Å². The Labute approximate surface area is 87.0 Å². The Morgan fingerprint density at radius 2 is 2.07 bits per heavy atom. The Morgan fingerprint density at radius 3 is 2.43 bits per heavy atom. The van der Waals surface area contributed by atoms with Crippen molar-refractivity contribution in [3.8, 4) is 0 Å². The van der Waals surface area contributed by atoms with Crippen molar-refractivity contribution < 1.29 is 4.79 Å². The summed E-state index contributed by atoms with van der Waals surface area (Å²) >= 11 is 0. The summed E-state index contributed by atoms with van der Waals surface area (Å²) in [6.07, 6.45) is 1.10. The maximum atomic E-state index is 11.8. The van der Waals surface area contributed by atoms with Crippen LogP contribution in [-0.4, -0.2) is 17.4 Å². The van der Waals surface area contributed by atoms with E-state index in [4.69, 9.17) is 0 Å². The predicted octanol–water partition coefficient (Wildman–Crippen LogP) is 2.80. The van der Waals surface area contributed by atoms with Crippen LogP contribution in [0.5, 0.6) is 0 Å². The van der Waals surface area contributed by atoms with Crippen molar-refractivity contribution in [3.63, 3.8) is 0 Å². The normalized spacial score (nSPS) is 23.1. The summed E-state index contributed by atoms with van der Waals surface area (Å²) in [4.78, 5) is 13.7. The van der Waals surface area contributed by atoms with Crippen LogP contribution in [0, 0.1) is 11.8 Å². The Morgan fingerprint density at radius 1 is 1.50 bits per heavy atom. The Bertz CT molecular complexity index is 263. The fourth-order valence-corrected chi connectivity index (χ4v) is 1.73. The van der Waals surface area contributed by atoms with Crippen LogP contribution >= 0.6 is 0 Å². The van der Waals surface area contributed by atoms with Crippen LogP contribution in [0.4, 0.5) is 0 Å². The molecular formula is C12H21NO. The van der Waals surface area contributed by atoms with E-state index in [0.717, 1.165) is 18.7 Å². The van der Waals surface area contributed by atoms with Crippen LogP contribution in [0.2, 0.25) is 0 Å². The summed E-state index contributed by atoms with van der Waals surface area (Å²) < 4.78 is 0. The van der Waals surface area contributed by atoms with Gasteiger partial charge < -0.3 is 4.90 Å². The minimum atomic E-state index is 0.272. The van der Waals surface area contributed by atoms with Gasteiger partial charge in [0.15, 0.2) is 0 Å². The lowest BCUT2D eigenvalue weighted by molar-refractivity contribution is -0.147. The molecule has 1 amide bonds. The zero-order chi connectivity index (χ0) is 10.9. The van der Waals surface area contributed by atoms with Crippen LogP contribution in [0.15, 0.2) is 11.3 Å². The van der Waals surface area contributed by atoms with Crippen LogP contribution in [0.1, 0.15) is 41.0 Å². The molecule has 0 aromatic heterocycles. The molecule has 0 radical (unpaired) electrons. The zero-order valence-electron chi connectivity index (χ0n) is 9.92. The SMILES string of the molecule is CC[C@H](C)[C@H]1CN(C(C)=C(C)C)C1=O. The van der Waals surface area contributed by atoms with Gasteiger partial charge in [0.2, 0.25) is 5.91 Å². The number of hydrogen-bond donors (Lipinski definition) is 0. The first-order valence-electron chi connectivity index (χ1n) is 5.44. The van der Waals surface area contributed by atoms with E-state index >= 15 is 0 Å². The van der Waals surface area contributed by atoms with Crippen molar-refractivity contribution in [2.24, 2.45) is 11.8 Å². The Balaban J connectivity index is 2.61. The molecule has 0 bridgehead atoms. The summed E-state index contributed by atoms with van der Waals surface area (Å²) in [5.74, 6) is 1.12. The molecule has 0 N–H and O–H groups in total. The molecule has 0 aliphatic carbocycles. The molecule has 1 aliphatic heterocycles. The van der Waals surface area contributed by atoms with E-state index in [1.54, 1.807) is 0 Å². The van der Waals surface area contributed by atoms with Crippen LogP contribution in [-0.2, 0) is 4.79 Å². The van der Waals surface area contributed by atoms with Crippen molar-refractivity contribution in [1.82, 2.24) is 4.90 Å². The molecular weight excluding hydrogens is 174 g/mol. The minimum absolute atomic E-state index is 0.272. The molecule has 0 saturated carbocycles. The molecule has 0 aromatic carbocycles. The van der Waals surface area contributed by atoms with E-state index in [1.165, 1.54) is 5.57 Å². The highest BCUT2D eigenvalue weighted by atomic mass is 16.2. The lowest BCUT2D eigenvalue weighted by atomic mass is 9.84. The van der Waals surface area contributed by atoms with Crippen molar-refractivity contribution in [3.05, 3.63) is 11.3 Å². The number of β-lactam (4-membered cyclic amide) rings is 1. The highest BCUT2D eigenvalue weighted by Crippen LogP contribution is 2.31. The van der Waals surface area contributed by atoms with Gasteiger partial charge in [0.05, 0.1) is 5.92 Å². The summed E-state index contributed by atoms with van der Waals surface area (Å²) in [6.45, 7) is 11.4. The van der Waals surface area contributed by atoms with Crippen molar-refractivity contribution in [2.75, 3.05) is 6.54 Å². The number of nitrogens with zero attached hydrogens (tertiary/aromatic N) is 1. The number of amides is 1. The van der Waals surface area contributed by atoms with E-state index in [0.29, 0.717) is 11.8 Å². The Kier molecular flexibility index (Phi) is 3.35. The molecule has 14 heavy (non-hydrogen) atoms. The van der Waals surface area contributed by atoms with Crippen LogP contribution in [0.25, 0.3) is 0 Å². The Hall–Kier alpha value is -0.790. The lowest BCUT2D eigenvalue weighted by Gasteiger charge is -2.42. The number of carbonyl (C=O) groups is 1. The molecule has 1 rings (SSSR count). The van der Waals surface area contributed by atoms with E-state index in [1.807, 2.05) is 11.8 Å². The topological polar surface area (TPSA) is 20.3 Å². The highest BCUT2D eigenvalue weighted by Gasteiger charge is 2.40. The number of rotatable bonds is 3. The predicted molar refractivity (Wildman–Crippen MR) is 58.7 cm³/mol. The van der Waals surface area contributed by atoms with Gasteiger partial charge in [-0.1, -0.05) is 25.8 Å². The van der Waals surface area contributed by atoms with Gasteiger partial charge in [0.1, 0.15) is 0 Å². The number of carbonyl (C=O) groups excluding carboxylic acids is 1. The minimum Gasteiger partial charge on any atom is -0.315 e. The van der Waals surface area contributed by atoms with Gasteiger partial charge in [-0.25, -0.2) is 0 Å². The van der Waals surface area contributed by atoms with Gasteiger partial charge in [0, 0.05) is 12.2 Å². The monoisotopic (exact) mass is 195 g/mol. The fraction of sp³-hybridized carbons (Fsp3) is 0.750. The molecule has 1 saturated heterocycles. The first-order chi connectivity index (χ1) is 6.49. The van der Waals surface area contributed by atoms with Crippen LogP contribution < -0.4 is 0 Å². The second kappa shape index (κ2) is 4.16. The molecule has 2 heteroatoms. The molecule has 2 nitrogen and oxygen atoms in total. The average molecular weight is 195 g/mol. The quantitative estimate of drug-likeness (QED) is 0.634. The molecule has 0 unspecified atom stereocenters. The van der Waals surface area contributed by atoms with Gasteiger partial charge in [-0.15, -0.1) is 0 Å². The maximum Gasteiger partial charge on any atom is 0.231 e. The van der Waals surface area contributed by atoms with Crippen LogP contribution in [0.3, 0.4) is 0 Å². The zero-order valence-corrected chi connectivity index (χ0v) is 9.92. The summed E-state index contributed by atoms with van der Waals surface area (Å²) in [5, 5.41) is 0. The maximum absolute atomic E-state index is 11.8. The molecule has 0 spiro atoms. The third-order valence-corrected chi connectivity index (χ3v) is 3.42. The molecule has 1 fully saturated rings. The van der Waals surface area contributed by atoms with Crippen molar-refractivity contribution >= 4 is 5.91 Å². The third-order valence-electron chi connectivity index (χ3n) is 3.42. The largest absolute Gasteiger partial charge is 0.315 e. The highest BCUT2D eigenvalue weighted by molar-refractivity contribution is 5.86. The second-order valence-corrected chi connectivity index (χ2v) is 4.53. The summed E-state index contributed by atoms with van der Waals surface area (Å²) in [5.41, 5.74) is 2.37. The van der Waals surface area contributed by atoms with E-state index in [-0.39, 0.29) is 5.92 Å². The summed E-state index contributed by atoms with van der Waals surface area (Å²) in [7, 11) is 0. The standard InChI is InChI=1S/C12H21NO/c1-6-9(4)11-7-13(12(11)14)10(5)8(2)3/h9,11H,6-7H2,1-5H3/t9-,11+/m0/s1. The number of likely N-dealkylation sites (tertiary alicyclic amines) is 1. The summed E-state index contributed by atoms with van der Waals surface area (Å²) in [6, 6.07) is 0. The van der Waals surface area contributed by atoms with Crippen molar-refractivity contribution in [1.29, 1.82) is 0 Å². The van der Waals surface area contributed by atoms with E-state index in [2.05, 4.69) is 27.7 Å². The average Bonchev–Trinajstić information content (AvgIpc) is 2.14. The molecule has 0 aromatic rings. The van der Waals surface area contributed by atoms with E-state index < -0.39 is 0 Å². The van der Waals surface area contributed by atoms with Gasteiger partial charge in [-0.3, -0.25) is 4.79 Å². The molecule has 2 atom stereocenters. The molecule has 1 heterocycles. The third kappa shape index (κ3) is 1.84.